The summed E-state index contributed by atoms with van der Waals surface area (Å²) in [5.74, 6) is 4.87. The van der Waals surface area contributed by atoms with Crippen LogP contribution in [0.5, 0.6) is 0 Å². The quantitative estimate of drug-likeness (QED) is 0.539. The van der Waals surface area contributed by atoms with Gasteiger partial charge in [0.1, 0.15) is 0 Å². The molecule has 0 saturated heterocycles. The lowest BCUT2D eigenvalue weighted by atomic mass is 10.4. The number of hydrogen-bond acceptors (Lipinski definition) is 3. The third-order valence-electron chi connectivity index (χ3n) is 1.14. The second kappa shape index (κ2) is 5.20. The van der Waals surface area contributed by atoms with Crippen LogP contribution >= 0.6 is 0 Å². The highest BCUT2D eigenvalue weighted by atomic mass is 16.6. The predicted octanol–water partition coefficient (Wildman–Crippen LogP) is -0.209. The molecule has 3 N–H and O–H groups in total. The largest absolute Gasteiger partial charge is 0.353 e. The fraction of sp³-hybridized carbons (Fsp3) is 0.833. The van der Waals surface area contributed by atoms with Crippen LogP contribution in [0.3, 0.4) is 0 Å². The first-order valence-corrected chi connectivity index (χ1v) is 3.33. The smallest absolute Gasteiger partial charge is 0.219 e. The molecule has 0 aliphatic heterocycles. The first-order valence-electron chi connectivity index (χ1n) is 3.33. The third kappa shape index (κ3) is 4.29. The van der Waals surface area contributed by atoms with Crippen molar-refractivity contribution in [3.05, 3.63) is 0 Å². The highest BCUT2D eigenvalue weighted by molar-refractivity contribution is 5.75. The number of carbonyl (C=O) groups is 1. The van der Waals surface area contributed by atoms with Crippen LogP contribution in [0, 0.1) is 0 Å². The number of nitrogens with one attached hydrogen (secondary N) is 1. The van der Waals surface area contributed by atoms with Crippen LogP contribution in [0.2, 0.25) is 0 Å². The lowest BCUT2D eigenvalue weighted by molar-refractivity contribution is -0.121. The van der Waals surface area contributed by atoms with Gasteiger partial charge in [0.15, 0.2) is 0 Å². The first kappa shape index (κ1) is 9.39. The molecule has 0 aromatic heterocycles. The minimum absolute atomic E-state index is 0.0175. The fourth-order valence-electron chi connectivity index (χ4n) is 0.431. The van der Waals surface area contributed by atoms with E-state index in [1.54, 1.807) is 13.8 Å². The number of hydrogen-bond donors (Lipinski definition) is 2. The molecule has 0 fully saturated rings. The third-order valence-corrected chi connectivity index (χ3v) is 1.14. The maximum atomic E-state index is 10.6. The molecule has 0 saturated carbocycles. The lowest BCUT2D eigenvalue weighted by Gasteiger charge is -2.08. The van der Waals surface area contributed by atoms with E-state index in [0.29, 0.717) is 13.0 Å². The predicted molar refractivity (Wildman–Crippen MR) is 38.0 cm³/mol. The zero-order chi connectivity index (χ0) is 7.98. The molecule has 0 rings (SSSR count). The van der Waals surface area contributed by atoms with Gasteiger partial charge in [-0.3, -0.25) is 9.63 Å². The Hall–Kier alpha value is -0.610. The summed E-state index contributed by atoms with van der Waals surface area (Å²) in [5.41, 5.74) is 0. The molecule has 0 aliphatic rings. The van der Waals surface area contributed by atoms with Crippen molar-refractivity contribution in [2.45, 2.75) is 26.4 Å². The van der Waals surface area contributed by atoms with Crippen LogP contribution in [0.4, 0.5) is 0 Å². The van der Waals surface area contributed by atoms with E-state index < -0.39 is 0 Å². The molecular formula is C6H14N2O2. The van der Waals surface area contributed by atoms with Crippen molar-refractivity contribution in [3.63, 3.8) is 0 Å². The SMILES string of the molecule is CCC(=O)NCC(C)ON. The summed E-state index contributed by atoms with van der Waals surface area (Å²) in [6.07, 6.45) is 0.382. The van der Waals surface area contributed by atoms with Gasteiger partial charge < -0.3 is 5.32 Å². The summed E-state index contributed by atoms with van der Waals surface area (Å²) in [6.45, 7) is 4.06. The second-order valence-electron chi connectivity index (χ2n) is 2.10. The van der Waals surface area contributed by atoms with Gasteiger partial charge in [-0.25, -0.2) is 5.90 Å². The molecule has 4 heteroatoms. The average molecular weight is 146 g/mol. The van der Waals surface area contributed by atoms with E-state index in [1.807, 2.05) is 0 Å². The van der Waals surface area contributed by atoms with Crippen molar-refractivity contribution in [1.29, 1.82) is 0 Å². The van der Waals surface area contributed by atoms with Gasteiger partial charge in [0.2, 0.25) is 5.91 Å². The minimum Gasteiger partial charge on any atom is -0.353 e. The van der Waals surface area contributed by atoms with Gasteiger partial charge in [0.05, 0.1) is 6.10 Å². The molecule has 0 aromatic carbocycles. The van der Waals surface area contributed by atoms with E-state index in [0.717, 1.165) is 0 Å². The first-order chi connectivity index (χ1) is 4.70. The molecule has 1 amide bonds. The Kier molecular flexibility index (Phi) is 4.88. The highest BCUT2D eigenvalue weighted by Gasteiger charge is 2.01. The molecule has 0 aromatic rings. The van der Waals surface area contributed by atoms with E-state index >= 15 is 0 Å². The maximum Gasteiger partial charge on any atom is 0.219 e. The van der Waals surface area contributed by atoms with Crippen molar-refractivity contribution >= 4 is 5.91 Å². The zero-order valence-corrected chi connectivity index (χ0v) is 6.39. The Morgan fingerprint density at radius 2 is 2.40 bits per heavy atom. The summed E-state index contributed by atoms with van der Waals surface area (Å²) in [6, 6.07) is 0. The molecule has 0 heterocycles. The van der Waals surface area contributed by atoms with Crippen LogP contribution < -0.4 is 11.2 Å². The summed E-state index contributed by atoms with van der Waals surface area (Å²) in [5, 5.41) is 2.64. The van der Waals surface area contributed by atoms with Gasteiger partial charge in [0.25, 0.3) is 0 Å². The summed E-state index contributed by atoms with van der Waals surface area (Å²) >= 11 is 0. The van der Waals surface area contributed by atoms with Gasteiger partial charge in [-0.15, -0.1) is 0 Å². The van der Waals surface area contributed by atoms with Gasteiger partial charge in [-0.1, -0.05) is 6.92 Å². The number of rotatable bonds is 4. The molecule has 1 atom stereocenters. The summed E-state index contributed by atoms with van der Waals surface area (Å²) in [4.78, 5) is 15.1. The van der Waals surface area contributed by atoms with Crippen LogP contribution in [0.1, 0.15) is 20.3 Å². The average Bonchev–Trinajstić information content (AvgIpc) is 1.99. The second-order valence-corrected chi connectivity index (χ2v) is 2.10. The number of amides is 1. The van der Waals surface area contributed by atoms with E-state index in [2.05, 4.69) is 10.2 Å². The fourth-order valence-corrected chi connectivity index (χ4v) is 0.431. The Morgan fingerprint density at radius 1 is 1.80 bits per heavy atom. The van der Waals surface area contributed by atoms with Gasteiger partial charge >= 0.3 is 0 Å². The molecule has 0 bridgehead atoms. The Bertz CT molecular complexity index is 106. The van der Waals surface area contributed by atoms with Crippen molar-refractivity contribution < 1.29 is 9.63 Å². The molecule has 1 unspecified atom stereocenters. The standard InChI is InChI=1S/C6H14N2O2/c1-3-6(9)8-4-5(2)10-7/h5H,3-4,7H2,1-2H3,(H,8,9). The summed E-state index contributed by atoms with van der Waals surface area (Å²) < 4.78 is 0. The van der Waals surface area contributed by atoms with Crippen LogP contribution in [0.25, 0.3) is 0 Å². The normalized spacial score (nSPS) is 12.7. The van der Waals surface area contributed by atoms with E-state index in [9.17, 15) is 4.79 Å². The van der Waals surface area contributed by atoms with Crippen molar-refractivity contribution in [1.82, 2.24) is 5.32 Å². The number of carbonyl (C=O) groups excluding carboxylic acids is 1. The minimum atomic E-state index is -0.115. The molecular weight excluding hydrogens is 132 g/mol. The zero-order valence-electron chi connectivity index (χ0n) is 6.39. The Labute approximate surface area is 60.7 Å². The van der Waals surface area contributed by atoms with E-state index in [1.165, 1.54) is 0 Å². The topological polar surface area (TPSA) is 64.3 Å². The molecule has 0 spiro atoms. The highest BCUT2D eigenvalue weighted by Crippen LogP contribution is 1.82. The molecule has 0 aliphatic carbocycles. The van der Waals surface area contributed by atoms with Crippen molar-refractivity contribution in [2.24, 2.45) is 5.90 Å². The molecule has 60 valence electrons. The van der Waals surface area contributed by atoms with Crippen LogP contribution in [0.15, 0.2) is 0 Å². The van der Waals surface area contributed by atoms with Crippen LogP contribution in [-0.2, 0) is 9.63 Å². The van der Waals surface area contributed by atoms with Crippen molar-refractivity contribution in [3.8, 4) is 0 Å². The molecule has 4 nitrogen and oxygen atoms in total. The number of nitrogens with two attached hydrogens (primary N) is 1. The van der Waals surface area contributed by atoms with Gasteiger partial charge in [-0.2, -0.15) is 0 Å². The monoisotopic (exact) mass is 146 g/mol. The molecule has 10 heavy (non-hydrogen) atoms. The maximum absolute atomic E-state index is 10.6. The van der Waals surface area contributed by atoms with Crippen LogP contribution in [-0.4, -0.2) is 18.6 Å². The van der Waals surface area contributed by atoms with Gasteiger partial charge in [0, 0.05) is 13.0 Å². The lowest BCUT2D eigenvalue weighted by Crippen LogP contribution is -2.32. The van der Waals surface area contributed by atoms with E-state index in [-0.39, 0.29) is 12.0 Å². The molecule has 0 radical (unpaired) electrons. The summed E-state index contributed by atoms with van der Waals surface area (Å²) in [7, 11) is 0. The Morgan fingerprint density at radius 3 is 2.80 bits per heavy atom. The van der Waals surface area contributed by atoms with Crippen molar-refractivity contribution in [2.75, 3.05) is 6.54 Å². The Balaban J connectivity index is 3.26. The van der Waals surface area contributed by atoms with Gasteiger partial charge in [-0.05, 0) is 6.92 Å². The van der Waals surface area contributed by atoms with E-state index in [4.69, 9.17) is 5.90 Å².